The second-order valence-electron chi connectivity index (χ2n) is 4.95. The number of pyridine rings is 1. The van der Waals surface area contributed by atoms with E-state index in [0.717, 1.165) is 29.6 Å². The fourth-order valence-electron chi connectivity index (χ4n) is 2.57. The average Bonchev–Trinajstić information content (AvgIpc) is 2.85. The molecule has 3 rings (SSSR count). The Labute approximate surface area is 115 Å². The number of phenols is 1. The smallest absolute Gasteiger partial charge is 0.404 e. The summed E-state index contributed by atoms with van der Waals surface area (Å²) in [6.45, 7) is 1.43. The molecule has 0 aliphatic carbocycles. The minimum atomic E-state index is -0.988. The molecule has 1 amide bonds. The van der Waals surface area contributed by atoms with E-state index in [9.17, 15) is 9.90 Å². The highest BCUT2D eigenvalue weighted by atomic mass is 16.4. The predicted molar refractivity (Wildman–Crippen MR) is 75.2 cm³/mol. The van der Waals surface area contributed by atoms with Crippen LogP contribution in [0.15, 0.2) is 30.5 Å². The van der Waals surface area contributed by atoms with Gasteiger partial charge in [0, 0.05) is 18.5 Å². The SMILES string of the molecule is O=C(O)NC1CCN(c2cnc3ccc(O)cc3c2)C1. The van der Waals surface area contributed by atoms with Gasteiger partial charge in [-0.05, 0) is 30.7 Å². The predicted octanol–water partition coefficient (Wildman–Crippen LogP) is 1.79. The molecule has 1 aromatic heterocycles. The number of carbonyl (C=O) groups is 1. The van der Waals surface area contributed by atoms with Crippen LogP contribution in [-0.4, -0.2) is 40.4 Å². The molecular formula is C14H15N3O3. The third kappa shape index (κ3) is 2.45. The van der Waals surface area contributed by atoms with E-state index in [-0.39, 0.29) is 11.8 Å². The van der Waals surface area contributed by atoms with Crippen molar-refractivity contribution in [2.24, 2.45) is 0 Å². The molecule has 1 atom stereocenters. The van der Waals surface area contributed by atoms with Gasteiger partial charge in [-0.2, -0.15) is 0 Å². The molecule has 1 unspecified atom stereocenters. The van der Waals surface area contributed by atoms with Gasteiger partial charge < -0.3 is 20.4 Å². The zero-order valence-corrected chi connectivity index (χ0v) is 10.8. The molecule has 6 heteroatoms. The summed E-state index contributed by atoms with van der Waals surface area (Å²) in [4.78, 5) is 17.1. The maximum Gasteiger partial charge on any atom is 0.404 e. The second kappa shape index (κ2) is 4.88. The summed E-state index contributed by atoms with van der Waals surface area (Å²) in [6.07, 6.45) is 1.57. The van der Waals surface area contributed by atoms with E-state index in [2.05, 4.69) is 15.2 Å². The van der Waals surface area contributed by atoms with E-state index in [0.29, 0.717) is 6.54 Å². The molecule has 0 bridgehead atoms. The van der Waals surface area contributed by atoms with Crippen molar-refractivity contribution in [2.45, 2.75) is 12.5 Å². The number of phenolic OH excluding ortho intramolecular Hbond substituents is 1. The van der Waals surface area contributed by atoms with Crippen LogP contribution in [0.4, 0.5) is 10.5 Å². The van der Waals surface area contributed by atoms with Crippen molar-refractivity contribution >= 4 is 22.7 Å². The minimum absolute atomic E-state index is 0.0487. The number of carboxylic acid groups (broad SMARTS) is 1. The Morgan fingerprint density at radius 2 is 2.25 bits per heavy atom. The van der Waals surface area contributed by atoms with Gasteiger partial charge in [-0.3, -0.25) is 4.98 Å². The highest BCUT2D eigenvalue weighted by molar-refractivity contribution is 5.83. The van der Waals surface area contributed by atoms with Gasteiger partial charge in [0.1, 0.15) is 5.75 Å². The Morgan fingerprint density at radius 1 is 1.40 bits per heavy atom. The van der Waals surface area contributed by atoms with Crippen LogP contribution in [0, 0.1) is 0 Å². The van der Waals surface area contributed by atoms with E-state index >= 15 is 0 Å². The van der Waals surface area contributed by atoms with Gasteiger partial charge in [-0.25, -0.2) is 4.79 Å². The zero-order valence-electron chi connectivity index (χ0n) is 10.8. The van der Waals surface area contributed by atoms with E-state index in [1.807, 2.05) is 6.07 Å². The van der Waals surface area contributed by atoms with Crippen LogP contribution < -0.4 is 10.2 Å². The molecule has 1 saturated heterocycles. The van der Waals surface area contributed by atoms with Crippen LogP contribution in [-0.2, 0) is 0 Å². The van der Waals surface area contributed by atoms with Crippen LogP contribution in [0.1, 0.15) is 6.42 Å². The molecule has 2 aromatic rings. The van der Waals surface area contributed by atoms with Crippen molar-refractivity contribution < 1.29 is 15.0 Å². The molecule has 0 saturated carbocycles. The first-order chi connectivity index (χ1) is 9.61. The van der Waals surface area contributed by atoms with Gasteiger partial charge >= 0.3 is 6.09 Å². The third-order valence-electron chi connectivity index (χ3n) is 3.53. The molecular weight excluding hydrogens is 258 g/mol. The molecule has 104 valence electrons. The second-order valence-corrected chi connectivity index (χ2v) is 4.95. The molecule has 1 aliphatic rings. The number of fused-ring (bicyclic) bond motifs is 1. The zero-order chi connectivity index (χ0) is 14.1. The van der Waals surface area contributed by atoms with E-state index in [1.54, 1.807) is 24.4 Å². The normalized spacial score (nSPS) is 18.4. The first-order valence-corrected chi connectivity index (χ1v) is 6.45. The highest BCUT2D eigenvalue weighted by Crippen LogP contribution is 2.25. The summed E-state index contributed by atoms with van der Waals surface area (Å²) in [6, 6.07) is 6.97. The van der Waals surface area contributed by atoms with E-state index in [1.165, 1.54) is 0 Å². The maximum atomic E-state index is 10.6. The number of hydrogen-bond acceptors (Lipinski definition) is 4. The molecule has 0 radical (unpaired) electrons. The molecule has 1 fully saturated rings. The molecule has 20 heavy (non-hydrogen) atoms. The summed E-state index contributed by atoms with van der Waals surface area (Å²) in [5.41, 5.74) is 1.77. The maximum absolute atomic E-state index is 10.6. The van der Waals surface area contributed by atoms with E-state index in [4.69, 9.17) is 5.11 Å². The van der Waals surface area contributed by atoms with Crippen molar-refractivity contribution in [2.75, 3.05) is 18.0 Å². The van der Waals surface area contributed by atoms with Crippen molar-refractivity contribution in [3.8, 4) is 5.75 Å². The van der Waals surface area contributed by atoms with Crippen molar-refractivity contribution in [3.63, 3.8) is 0 Å². The molecule has 0 spiro atoms. The number of benzene rings is 1. The van der Waals surface area contributed by atoms with Gasteiger partial charge in [0.05, 0.1) is 23.4 Å². The molecule has 3 N–H and O–H groups in total. The van der Waals surface area contributed by atoms with Crippen LogP contribution in [0.2, 0.25) is 0 Å². The summed E-state index contributed by atoms with van der Waals surface area (Å²) < 4.78 is 0. The number of nitrogens with one attached hydrogen (secondary N) is 1. The fourth-order valence-corrected chi connectivity index (χ4v) is 2.57. The fraction of sp³-hybridized carbons (Fsp3) is 0.286. The summed E-state index contributed by atoms with van der Waals surface area (Å²) in [5, 5.41) is 21.6. The quantitative estimate of drug-likeness (QED) is 0.776. The lowest BCUT2D eigenvalue weighted by Crippen LogP contribution is -2.36. The Kier molecular flexibility index (Phi) is 3.06. The van der Waals surface area contributed by atoms with Crippen LogP contribution >= 0.6 is 0 Å². The first-order valence-electron chi connectivity index (χ1n) is 6.45. The first kappa shape index (κ1) is 12.5. The Bertz CT molecular complexity index is 659. The largest absolute Gasteiger partial charge is 0.508 e. The molecule has 2 heterocycles. The summed E-state index contributed by atoms with van der Waals surface area (Å²) in [5.74, 6) is 0.211. The van der Waals surface area contributed by atoms with Crippen LogP contribution in [0.5, 0.6) is 5.75 Å². The van der Waals surface area contributed by atoms with Gasteiger partial charge in [0.2, 0.25) is 0 Å². The summed E-state index contributed by atoms with van der Waals surface area (Å²) >= 11 is 0. The number of aromatic hydroxyl groups is 1. The monoisotopic (exact) mass is 273 g/mol. The Morgan fingerprint density at radius 3 is 3.05 bits per heavy atom. The van der Waals surface area contributed by atoms with Gasteiger partial charge in [0.15, 0.2) is 0 Å². The molecule has 1 aliphatic heterocycles. The number of nitrogens with zero attached hydrogens (tertiary/aromatic N) is 2. The van der Waals surface area contributed by atoms with Crippen LogP contribution in [0.25, 0.3) is 10.9 Å². The summed E-state index contributed by atoms with van der Waals surface area (Å²) in [7, 11) is 0. The standard InChI is InChI=1S/C14H15N3O3/c18-12-1-2-13-9(6-12)5-11(7-15-13)17-4-3-10(8-17)16-14(19)20/h1-2,5-7,10,16,18H,3-4,8H2,(H,19,20). The number of hydrogen-bond donors (Lipinski definition) is 3. The Hall–Kier alpha value is -2.50. The van der Waals surface area contributed by atoms with Crippen molar-refractivity contribution in [1.82, 2.24) is 10.3 Å². The number of amides is 1. The number of anilines is 1. The number of aromatic nitrogens is 1. The van der Waals surface area contributed by atoms with Gasteiger partial charge in [0.25, 0.3) is 0 Å². The van der Waals surface area contributed by atoms with E-state index < -0.39 is 6.09 Å². The van der Waals surface area contributed by atoms with Crippen molar-refractivity contribution in [1.29, 1.82) is 0 Å². The topological polar surface area (TPSA) is 85.7 Å². The average molecular weight is 273 g/mol. The van der Waals surface area contributed by atoms with Crippen LogP contribution in [0.3, 0.4) is 0 Å². The lowest BCUT2D eigenvalue weighted by molar-refractivity contribution is 0.191. The van der Waals surface area contributed by atoms with Gasteiger partial charge in [-0.1, -0.05) is 0 Å². The minimum Gasteiger partial charge on any atom is -0.508 e. The van der Waals surface area contributed by atoms with Crippen molar-refractivity contribution in [3.05, 3.63) is 30.5 Å². The Balaban J connectivity index is 1.82. The lowest BCUT2D eigenvalue weighted by Gasteiger charge is -2.18. The number of rotatable bonds is 2. The highest BCUT2D eigenvalue weighted by Gasteiger charge is 2.24. The third-order valence-corrected chi connectivity index (χ3v) is 3.53. The molecule has 1 aromatic carbocycles. The molecule has 6 nitrogen and oxygen atoms in total. The van der Waals surface area contributed by atoms with Gasteiger partial charge in [-0.15, -0.1) is 0 Å². The lowest BCUT2D eigenvalue weighted by atomic mass is 10.2.